The number of Topliss-reactive ketones (excluding diaryl/α,β-unsaturated/α-hetero) is 2. The zero-order valence-corrected chi connectivity index (χ0v) is 25.1. The Bertz CT molecular complexity index is 1750. The molecule has 2 N–H and O–H groups in total. The molecule has 2 aliphatic carbocycles. The van der Waals surface area contributed by atoms with Crippen molar-refractivity contribution in [2.75, 3.05) is 11.9 Å². The molecule has 3 aromatic carbocycles. The zero-order chi connectivity index (χ0) is 31.2. The number of hydrogen-bond donors (Lipinski definition) is 2. The Kier molecular flexibility index (Phi) is 8.07. The second kappa shape index (κ2) is 11.5. The lowest BCUT2D eigenvalue weighted by Gasteiger charge is -2.35. The highest BCUT2D eigenvalue weighted by Crippen LogP contribution is 2.45. The van der Waals surface area contributed by atoms with Crippen LogP contribution in [0.5, 0.6) is 5.75 Å². The fourth-order valence-corrected chi connectivity index (χ4v) is 6.20. The Hall–Kier alpha value is -4.21. The number of phenols is 1. The number of anilines is 1. The molecule has 1 atom stereocenters. The standard InChI is InChI=1S/C19H20O3.C13H8Cl2N2O4/c1-10-9-22-18-12-6-7-13-11(5-4-8-19(13,2)3)15(12)17(21)16(20)14(10)18;14-7-1-4-12(18)9(5-7)13(19)16-11-3-2-8(17(20)21)6-10(11)15/h6-7,10H,4-5,8-9H2,1-3H3;1-6,18H,(H,16,19)/t10-;/m0./s1. The van der Waals surface area contributed by atoms with Crippen molar-refractivity contribution in [3.63, 3.8) is 0 Å². The molecule has 43 heavy (non-hydrogen) atoms. The average Bonchev–Trinajstić information content (AvgIpc) is 3.35. The Morgan fingerprint density at radius 1 is 1.09 bits per heavy atom. The highest BCUT2D eigenvalue weighted by atomic mass is 35.5. The lowest BCUT2D eigenvalue weighted by molar-refractivity contribution is -0.384. The summed E-state index contributed by atoms with van der Waals surface area (Å²) in [6.45, 7) is 6.86. The minimum absolute atomic E-state index is 0.00655. The second-order valence-corrected chi connectivity index (χ2v) is 12.2. The normalized spacial score (nSPS) is 18.0. The third-order valence-corrected chi connectivity index (χ3v) is 8.57. The van der Waals surface area contributed by atoms with Crippen LogP contribution in [0.3, 0.4) is 0 Å². The lowest BCUT2D eigenvalue weighted by Crippen LogP contribution is -2.31. The van der Waals surface area contributed by atoms with Crippen molar-refractivity contribution in [3.8, 4) is 5.75 Å². The maximum atomic E-state index is 12.7. The third-order valence-electron chi connectivity index (χ3n) is 8.02. The van der Waals surface area contributed by atoms with Crippen LogP contribution in [-0.2, 0) is 21.4 Å². The molecule has 0 bridgehead atoms. The molecule has 11 heteroatoms. The monoisotopic (exact) mass is 622 g/mol. The van der Waals surface area contributed by atoms with Crippen molar-refractivity contribution < 1.29 is 29.2 Å². The second-order valence-electron chi connectivity index (χ2n) is 11.4. The van der Waals surface area contributed by atoms with E-state index in [1.54, 1.807) is 0 Å². The van der Waals surface area contributed by atoms with E-state index in [0.29, 0.717) is 23.5 Å². The van der Waals surface area contributed by atoms with Crippen molar-refractivity contribution in [1.82, 2.24) is 0 Å². The van der Waals surface area contributed by atoms with Gasteiger partial charge in [-0.1, -0.05) is 56.1 Å². The minimum Gasteiger partial charge on any atom is -0.507 e. The third kappa shape index (κ3) is 5.62. The number of aromatic hydroxyl groups is 1. The van der Waals surface area contributed by atoms with Gasteiger partial charge in [0.2, 0.25) is 11.6 Å². The van der Waals surface area contributed by atoms with E-state index in [1.165, 1.54) is 35.9 Å². The number of carbonyl (C=O) groups excluding carboxylic acids is 3. The average molecular weight is 623 g/mol. The van der Waals surface area contributed by atoms with Crippen LogP contribution < -0.4 is 5.32 Å². The van der Waals surface area contributed by atoms with Gasteiger partial charge in [-0.25, -0.2) is 0 Å². The molecule has 0 radical (unpaired) electrons. The number of phenolic OH excluding ortho intramolecular Hbond substituents is 1. The van der Waals surface area contributed by atoms with Gasteiger partial charge in [0.05, 0.1) is 33.4 Å². The summed E-state index contributed by atoms with van der Waals surface area (Å²) in [5, 5.41) is 23.0. The van der Waals surface area contributed by atoms with Gasteiger partial charge in [-0.2, -0.15) is 0 Å². The summed E-state index contributed by atoms with van der Waals surface area (Å²) in [5.41, 5.74) is 4.34. The van der Waals surface area contributed by atoms with Crippen LogP contribution in [0.2, 0.25) is 10.0 Å². The van der Waals surface area contributed by atoms with Crippen LogP contribution in [0.1, 0.15) is 71.0 Å². The van der Waals surface area contributed by atoms with E-state index in [4.69, 9.17) is 27.9 Å². The number of ketones is 2. The summed E-state index contributed by atoms with van der Waals surface area (Å²) in [6.07, 6.45) is 3.04. The Morgan fingerprint density at radius 2 is 1.84 bits per heavy atom. The van der Waals surface area contributed by atoms with Gasteiger partial charge in [0.15, 0.2) is 0 Å². The molecule has 0 saturated heterocycles. The molecule has 0 saturated carbocycles. The van der Waals surface area contributed by atoms with E-state index in [0.717, 1.165) is 36.5 Å². The van der Waals surface area contributed by atoms with Gasteiger partial charge in [0, 0.05) is 34.2 Å². The lowest BCUT2D eigenvalue weighted by atomic mass is 9.69. The van der Waals surface area contributed by atoms with Gasteiger partial charge in [-0.15, -0.1) is 0 Å². The van der Waals surface area contributed by atoms with Crippen LogP contribution in [0.15, 0.2) is 54.1 Å². The SMILES string of the molecule is C[C@H]1COC2=C1C(=O)C(=O)c1c2ccc2c1CCCC2(C)C.O=C(Nc1ccc([N+](=O)[O-])cc1Cl)c1cc(Cl)ccc1O. The Morgan fingerprint density at radius 3 is 2.53 bits per heavy atom. The first-order chi connectivity index (χ1) is 20.3. The van der Waals surface area contributed by atoms with Crippen molar-refractivity contribution in [3.05, 3.63) is 102 Å². The molecule has 1 heterocycles. The number of nitrogens with one attached hydrogen (secondary N) is 1. The molecular weight excluding hydrogens is 595 g/mol. The molecule has 3 aliphatic rings. The first kappa shape index (κ1) is 30.3. The predicted molar refractivity (Wildman–Crippen MR) is 163 cm³/mol. The highest BCUT2D eigenvalue weighted by Gasteiger charge is 2.43. The molecular formula is C32H28Cl2N2O7. The molecule has 0 aromatic heterocycles. The molecule has 6 rings (SSSR count). The summed E-state index contributed by atoms with van der Waals surface area (Å²) in [5.74, 6) is -0.907. The van der Waals surface area contributed by atoms with Gasteiger partial charge in [0.1, 0.15) is 11.5 Å². The van der Waals surface area contributed by atoms with Gasteiger partial charge >= 0.3 is 0 Å². The van der Waals surface area contributed by atoms with E-state index in [-0.39, 0.29) is 55.6 Å². The number of rotatable bonds is 3. The fraction of sp³-hybridized carbons (Fsp3) is 0.281. The minimum atomic E-state index is -0.634. The summed E-state index contributed by atoms with van der Waals surface area (Å²) in [4.78, 5) is 47.3. The van der Waals surface area contributed by atoms with E-state index < -0.39 is 10.8 Å². The van der Waals surface area contributed by atoms with Crippen molar-refractivity contribution >= 4 is 57.8 Å². The number of nitrogens with zero attached hydrogens (tertiary/aromatic N) is 1. The van der Waals surface area contributed by atoms with Crippen LogP contribution in [0.25, 0.3) is 5.76 Å². The summed E-state index contributed by atoms with van der Waals surface area (Å²) in [6, 6.07) is 11.8. The van der Waals surface area contributed by atoms with Crippen molar-refractivity contribution in [1.29, 1.82) is 0 Å². The number of hydrogen-bond acceptors (Lipinski definition) is 7. The number of benzene rings is 3. The number of fused-ring (bicyclic) bond motifs is 4. The number of ether oxygens (including phenoxy) is 1. The molecule has 0 spiro atoms. The molecule has 3 aromatic rings. The molecule has 0 fully saturated rings. The van der Waals surface area contributed by atoms with Gasteiger partial charge in [0.25, 0.3) is 11.6 Å². The van der Waals surface area contributed by atoms with E-state index in [2.05, 4.69) is 25.2 Å². The first-order valence-corrected chi connectivity index (χ1v) is 14.4. The molecule has 1 amide bonds. The van der Waals surface area contributed by atoms with Gasteiger partial charge in [-0.05, 0) is 60.1 Å². The van der Waals surface area contributed by atoms with E-state index in [9.17, 15) is 29.6 Å². The van der Waals surface area contributed by atoms with Crippen molar-refractivity contribution in [2.24, 2.45) is 5.92 Å². The smallest absolute Gasteiger partial charge is 0.271 e. The van der Waals surface area contributed by atoms with Crippen LogP contribution in [0, 0.1) is 16.0 Å². The molecule has 9 nitrogen and oxygen atoms in total. The Labute approximate surface area is 257 Å². The van der Waals surface area contributed by atoms with E-state index in [1.807, 2.05) is 13.0 Å². The van der Waals surface area contributed by atoms with Crippen LogP contribution >= 0.6 is 23.2 Å². The maximum absolute atomic E-state index is 12.7. The fourth-order valence-electron chi connectivity index (χ4n) is 5.81. The topological polar surface area (TPSA) is 136 Å². The first-order valence-electron chi connectivity index (χ1n) is 13.7. The van der Waals surface area contributed by atoms with Crippen LogP contribution in [0.4, 0.5) is 11.4 Å². The number of amides is 1. The molecule has 1 aliphatic heterocycles. The van der Waals surface area contributed by atoms with Crippen molar-refractivity contribution in [2.45, 2.75) is 45.4 Å². The number of halogens is 2. The van der Waals surface area contributed by atoms with E-state index >= 15 is 0 Å². The van der Waals surface area contributed by atoms with Crippen LogP contribution in [-0.4, -0.2) is 34.1 Å². The molecule has 0 unspecified atom stereocenters. The number of non-ortho nitro benzene ring substituents is 1. The number of carbonyl (C=O) groups is 3. The summed E-state index contributed by atoms with van der Waals surface area (Å²) in [7, 11) is 0. The Balaban J connectivity index is 0.000000172. The quantitative estimate of drug-likeness (QED) is 0.178. The predicted octanol–water partition coefficient (Wildman–Crippen LogP) is 7.30. The van der Waals surface area contributed by atoms with Gasteiger partial charge in [-0.3, -0.25) is 24.5 Å². The maximum Gasteiger partial charge on any atom is 0.271 e. The zero-order valence-electron chi connectivity index (χ0n) is 23.6. The number of nitro groups is 1. The molecule has 222 valence electrons. The number of nitro benzene ring substituents is 1. The summed E-state index contributed by atoms with van der Waals surface area (Å²) >= 11 is 11.6. The van der Waals surface area contributed by atoms with Gasteiger partial charge < -0.3 is 15.2 Å². The summed E-state index contributed by atoms with van der Waals surface area (Å²) < 4.78 is 5.76. The highest BCUT2D eigenvalue weighted by molar-refractivity contribution is 6.52. The largest absolute Gasteiger partial charge is 0.507 e.